The first-order chi connectivity index (χ1) is 14.8. The summed E-state index contributed by atoms with van der Waals surface area (Å²) in [4.78, 5) is 13.2. The summed E-state index contributed by atoms with van der Waals surface area (Å²) in [6.07, 6.45) is -3.31. The van der Waals surface area contributed by atoms with Crippen molar-refractivity contribution in [3.63, 3.8) is 0 Å². The van der Waals surface area contributed by atoms with Gasteiger partial charge in [-0.1, -0.05) is 42.5 Å². The molecule has 3 rings (SSSR count). The largest absolute Gasteiger partial charge is 0.465 e. The summed E-state index contributed by atoms with van der Waals surface area (Å²) in [6, 6.07) is 11.9. The third-order valence-corrected chi connectivity index (χ3v) is 5.44. The Morgan fingerprint density at radius 3 is 1.94 bits per heavy atom. The predicted molar refractivity (Wildman–Crippen MR) is 117 cm³/mol. The molecule has 1 atom stereocenters. The van der Waals surface area contributed by atoms with Crippen molar-refractivity contribution >= 4 is 11.8 Å². The lowest BCUT2D eigenvalue weighted by atomic mass is 9.80. The van der Waals surface area contributed by atoms with E-state index in [1.54, 1.807) is 52.8 Å². The van der Waals surface area contributed by atoms with Crippen LogP contribution in [0.3, 0.4) is 0 Å². The fourth-order valence-corrected chi connectivity index (χ4v) is 4.27. The van der Waals surface area contributed by atoms with Gasteiger partial charge in [0.25, 0.3) is 0 Å². The van der Waals surface area contributed by atoms with Gasteiger partial charge in [-0.2, -0.15) is 18.3 Å². The Morgan fingerprint density at radius 1 is 0.969 bits per heavy atom. The lowest BCUT2D eigenvalue weighted by Gasteiger charge is -2.39. The van der Waals surface area contributed by atoms with Crippen molar-refractivity contribution in [2.45, 2.75) is 51.9 Å². The van der Waals surface area contributed by atoms with Crippen molar-refractivity contribution in [1.29, 1.82) is 0 Å². The quantitative estimate of drug-likeness (QED) is 0.525. The summed E-state index contributed by atoms with van der Waals surface area (Å²) in [6.45, 7) is 8.47. The van der Waals surface area contributed by atoms with Gasteiger partial charge in [0, 0.05) is 17.9 Å². The number of aromatic nitrogens is 2. The van der Waals surface area contributed by atoms with Crippen LogP contribution in [0.5, 0.6) is 0 Å². The molecule has 5 nitrogen and oxygen atoms in total. The molecule has 32 heavy (non-hydrogen) atoms. The summed E-state index contributed by atoms with van der Waals surface area (Å²) in [5.41, 5.74) is -2.18. The molecule has 0 aliphatic heterocycles. The van der Waals surface area contributed by atoms with E-state index in [9.17, 15) is 23.1 Å². The number of carboxylic acid groups (broad SMARTS) is 1. The SMILES string of the molecule is Cc1cc(C(c2ccccc2)(n2cccn2)C(F)(F)F)cc(C)c1N(C(=O)O)C(C)(C)C. The van der Waals surface area contributed by atoms with E-state index in [1.165, 1.54) is 47.6 Å². The van der Waals surface area contributed by atoms with Gasteiger partial charge in [0.1, 0.15) is 0 Å². The minimum Gasteiger partial charge on any atom is -0.465 e. The Labute approximate surface area is 185 Å². The van der Waals surface area contributed by atoms with Gasteiger partial charge in [0.2, 0.25) is 5.54 Å². The third kappa shape index (κ3) is 3.74. The molecule has 170 valence electrons. The van der Waals surface area contributed by atoms with Crippen molar-refractivity contribution in [3.05, 3.63) is 83.2 Å². The third-order valence-electron chi connectivity index (χ3n) is 5.44. The number of hydrogen-bond acceptors (Lipinski definition) is 2. The first-order valence-electron chi connectivity index (χ1n) is 10.1. The Kier molecular flexibility index (Phi) is 5.84. The van der Waals surface area contributed by atoms with E-state index in [1.807, 2.05) is 0 Å². The molecule has 3 aromatic rings. The number of anilines is 1. The molecular weight excluding hydrogens is 419 g/mol. The minimum atomic E-state index is -4.74. The Balaban J connectivity index is 2.39. The highest BCUT2D eigenvalue weighted by molar-refractivity contribution is 5.90. The normalized spacial score (nSPS) is 14.1. The van der Waals surface area contributed by atoms with Gasteiger partial charge in [0.15, 0.2) is 0 Å². The molecule has 0 saturated carbocycles. The molecule has 0 radical (unpaired) electrons. The second kappa shape index (κ2) is 8.00. The van der Waals surface area contributed by atoms with Crippen LogP contribution >= 0.6 is 0 Å². The molecular formula is C24H26F3N3O2. The average Bonchev–Trinajstić information content (AvgIpc) is 3.18. The summed E-state index contributed by atoms with van der Waals surface area (Å²) in [7, 11) is 0. The van der Waals surface area contributed by atoms with E-state index in [4.69, 9.17) is 0 Å². The molecule has 1 heterocycles. The smallest absolute Gasteiger partial charge is 0.422 e. The average molecular weight is 445 g/mol. The molecule has 8 heteroatoms. The van der Waals surface area contributed by atoms with Crippen LogP contribution in [0.15, 0.2) is 60.9 Å². The van der Waals surface area contributed by atoms with Gasteiger partial charge < -0.3 is 5.11 Å². The van der Waals surface area contributed by atoms with Crippen molar-refractivity contribution < 1.29 is 23.1 Å². The van der Waals surface area contributed by atoms with E-state index < -0.39 is 23.3 Å². The minimum absolute atomic E-state index is 0.00802. The summed E-state index contributed by atoms with van der Waals surface area (Å²) >= 11 is 0. The number of halogens is 3. The molecule has 0 aliphatic carbocycles. The molecule has 2 aromatic carbocycles. The number of amides is 1. The molecule has 0 fully saturated rings. The van der Waals surface area contributed by atoms with Gasteiger partial charge in [-0.15, -0.1) is 0 Å². The number of alkyl halides is 3. The monoisotopic (exact) mass is 445 g/mol. The van der Waals surface area contributed by atoms with Crippen molar-refractivity contribution in [1.82, 2.24) is 9.78 Å². The molecule has 1 unspecified atom stereocenters. The summed E-state index contributed by atoms with van der Waals surface area (Å²) in [5, 5.41) is 13.8. The molecule has 1 amide bonds. The maximum absolute atomic E-state index is 15.0. The summed E-state index contributed by atoms with van der Waals surface area (Å²) in [5.74, 6) is 0. The van der Waals surface area contributed by atoms with Crippen LogP contribution in [0.2, 0.25) is 0 Å². The first-order valence-corrected chi connectivity index (χ1v) is 10.1. The number of aryl methyl sites for hydroxylation is 2. The lowest BCUT2D eigenvalue weighted by Crippen LogP contribution is -2.50. The molecule has 0 bridgehead atoms. The molecule has 1 N–H and O–H groups in total. The van der Waals surface area contributed by atoms with Crippen molar-refractivity contribution in [2.24, 2.45) is 0 Å². The van der Waals surface area contributed by atoms with Crippen molar-refractivity contribution in [3.8, 4) is 0 Å². The second-order valence-corrected chi connectivity index (χ2v) is 8.77. The molecule has 1 aromatic heterocycles. The van der Waals surface area contributed by atoms with Crippen LogP contribution in [-0.2, 0) is 5.54 Å². The molecule has 0 aliphatic rings. The number of hydrogen-bond donors (Lipinski definition) is 1. The van der Waals surface area contributed by atoms with E-state index in [0.29, 0.717) is 16.8 Å². The fraction of sp³-hybridized carbons (Fsp3) is 0.333. The highest BCUT2D eigenvalue weighted by atomic mass is 19.4. The fourth-order valence-electron chi connectivity index (χ4n) is 4.27. The topological polar surface area (TPSA) is 58.4 Å². The van der Waals surface area contributed by atoms with Gasteiger partial charge >= 0.3 is 12.3 Å². The Bertz CT molecular complexity index is 1080. The van der Waals surface area contributed by atoms with Gasteiger partial charge in [0.05, 0.1) is 5.69 Å². The second-order valence-electron chi connectivity index (χ2n) is 8.77. The first kappa shape index (κ1) is 23.4. The Hall–Kier alpha value is -3.29. The maximum Gasteiger partial charge on any atom is 0.422 e. The van der Waals surface area contributed by atoms with Gasteiger partial charge in [-0.3, -0.25) is 4.90 Å². The van der Waals surface area contributed by atoms with Gasteiger partial charge in [-0.05, 0) is 62.9 Å². The van der Waals surface area contributed by atoms with Crippen LogP contribution < -0.4 is 4.90 Å². The van der Waals surface area contributed by atoms with E-state index >= 15 is 0 Å². The van der Waals surface area contributed by atoms with Gasteiger partial charge in [-0.25, -0.2) is 9.48 Å². The standard InChI is InChI=1S/C24H26F3N3O2/c1-16-14-19(15-17(2)20(16)30(21(31)32)22(3,4)5)23(24(25,26)27,29-13-9-12-28-29)18-10-7-6-8-11-18/h6-15H,1-5H3,(H,31,32). The zero-order chi connectivity index (χ0) is 23.9. The van der Waals surface area contributed by atoms with E-state index in [2.05, 4.69) is 5.10 Å². The van der Waals surface area contributed by atoms with Crippen molar-refractivity contribution in [2.75, 3.05) is 4.90 Å². The van der Waals surface area contributed by atoms with Crippen LogP contribution in [-0.4, -0.2) is 32.7 Å². The highest BCUT2D eigenvalue weighted by Gasteiger charge is 2.59. The van der Waals surface area contributed by atoms with E-state index in [-0.39, 0.29) is 11.1 Å². The zero-order valence-corrected chi connectivity index (χ0v) is 18.6. The number of benzene rings is 2. The number of carbonyl (C=O) groups is 1. The predicted octanol–water partition coefficient (Wildman–Crippen LogP) is 6.14. The van der Waals surface area contributed by atoms with Crippen LogP contribution in [0, 0.1) is 13.8 Å². The number of rotatable bonds is 4. The zero-order valence-electron chi connectivity index (χ0n) is 18.6. The van der Waals surface area contributed by atoms with E-state index in [0.717, 1.165) is 4.68 Å². The van der Waals surface area contributed by atoms with Crippen LogP contribution in [0.25, 0.3) is 0 Å². The highest BCUT2D eigenvalue weighted by Crippen LogP contribution is 2.48. The van der Waals surface area contributed by atoms with Crippen LogP contribution in [0.1, 0.15) is 43.0 Å². The molecule has 0 spiro atoms. The maximum atomic E-state index is 15.0. The summed E-state index contributed by atoms with van der Waals surface area (Å²) < 4.78 is 45.9. The Morgan fingerprint density at radius 2 is 1.53 bits per heavy atom. The number of nitrogens with zero attached hydrogens (tertiary/aromatic N) is 3. The van der Waals surface area contributed by atoms with Crippen LogP contribution in [0.4, 0.5) is 23.7 Å². The lowest BCUT2D eigenvalue weighted by molar-refractivity contribution is -0.189. The molecule has 0 saturated heterocycles.